The predicted octanol–water partition coefficient (Wildman–Crippen LogP) is 1.96. The van der Waals surface area contributed by atoms with Gasteiger partial charge in [0.25, 0.3) is 5.69 Å². The summed E-state index contributed by atoms with van der Waals surface area (Å²) in [6, 6.07) is 6.17. The number of nitro groups is 1. The van der Waals surface area contributed by atoms with Crippen molar-refractivity contribution in [1.82, 2.24) is 0 Å². The quantitative estimate of drug-likeness (QED) is 0.370. The van der Waals surface area contributed by atoms with Gasteiger partial charge in [-0.05, 0) is 6.07 Å². The highest BCUT2D eigenvalue weighted by Crippen LogP contribution is 2.18. The van der Waals surface area contributed by atoms with Crippen LogP contribution in [0.4, 0.5) is 5.69 Å². The van der Waals surface area contributed by atoms with Crippen LogP contribution in [0.15, 0.2) is 24.3 Å². The van der Waals surface area contributed by atoms with Crippen LogP contribution in [0.3, 0.4) is 0 Å². The highest BCUT2D eigenvalue weighted by atomic mass is 32.1. The summed E-state index contributed by atoms with van der Waals surface area (Å²) in [7, 11) is 0. The normalized spacial score (nSPS) is 9.81. The molecule has 0 spiro atoms. The third-order valence-corrected chi connectivity index (χ3v) is 2.12. The molecule has 86 valence electrons. The average molecular weight is 241 g/mol. The van der Waals surface area contributed by atoms with Gasteiger partial charge in [0.15, 0.2) is 0 Å². The van der Waals surface area contributed by atoms with Crippen molar-refractivity contribution in [3.05, 3.63) is 39.9 Å². The molecule has 0 N–H and O–H groups in total. The van der Waals surface area contributed by atoms with Crippen LogP contribution in [-0.4, -0.2) is 16.6 Å². The number of carbonyl (C=O) groups is 1. The Kier molecular flexibility index (Phi) is 4.78. The number of para-hydroxylation sites is 1. The highest BCUT2D eigenvalue weighted by molar-refractivity contribution is 7.80. The summed E-state index contributed by atoms with van der Waals surface area (Å²) in [4.78, 5) is 21.2. The van der Waals surface area contributed by atoms with Gasteiger partial charge in [-0.2, -0.15) is 12.6 Å². The third-order valence-electron chi connectivity index (χ3n) is 1.89. The highest BCUT2D eigenvalue weighted by Gasteiger charge is 2.13. The molecule has 1 rings (SSSR count). The zero-order valence-electron chi connectivity index (χ0n) is 8.46. The third kappa shape index (κ3) is 3.54. The van der Waals surface area contributed by atoms with Crippen molar-refractivity contribution < 1.29 is 14.5 Å². The minimum atomic E-state index is -0.498. The van der Waals surface area contributed by atoms with E-state index < -0.39 is 10.9 Å². The number of nitrogens with zero attached hydrogens (tertiary/aromatic N) is 1. The van der Waals surface area contributed by atoms with Gasteiger partial charge in [-0.1, -0.05) is 12.1 Å². The van der Waals surface area contributed by atoms with Crippen LogP contribution >= 0.6 is 12.6 Å². The fourth-order valence-electron chi connectivity index (χ4n) is 1.13. The van der Waals surface area contributed by atoms with E-state index >= 15 is 0 Å². The zero-order valence-corrected chi connectivity index (χ0v) is 9.35. The number of benzene rings is 1. The first-order valence-electron chi connectivity index (χ1n) is 4.64. The summed E-state index contributed by atoms with van der Waals surface area (Å²) in [5.41, 5.74) is 0.348. The Balaban J connectivity index is 2.66. The minimum Gasteiger partial charge on any atom is -0.461 e. The zero-order chi connectivity index (χ0) is 12.0. The maximum absolute atomic E-state index is 11.1. The molecule has 16 heavy (non-hydrogen) atoms. The smallest absolute Gasteiger partial charge is 0.306 e. The van der Waals surface area contributed by atoms with Gasteiger partial charge in [-0.15, -0.1) is 0 Å². The van der Waals surface area contributed by atoms with Crippen LogP contribution in [-0.2, 0) is 16.1 Å². The molecular formula is C10H11NO4S. The average Bonchev–Trinajstić information content (AvgIpc) is 2.27. The van der Waals surface area contributed by atoms with Gasteiger partial charge in [0, 0.05) is 11.8 Å². The topological polar surface area (TPSA) is 69.4 Å². The maximum Gasteiger partial charge on any atom is 0.306 e. The van der Waals surface area contributed by atoms with Gasteiger partial charge in [0.1, 0.15) is 6.61 Å². The Morgan fingerprint density at radius 2 is 2.12 bits per heavy atom. The summed E-state index contributed by atoms with van der Waals surface area (Å²) < 4.78 is 4.87. The first-order chi connectivity index (χ1) is 7.65. The van der Waals surface area contributed by atoms with Crippen molar-refractivity contribution in [2.75, 3.05) is 5.75 Å². The lowest BCUT2D eigenvalue weighted by Crippen LogP contribution is -2.06. The first-order valence-corrected chi connectivity index (χ1v) is 5.27. The standard InChI is InChI=1S/C10H11NO4S/c12-10(5-6-16)15-7-8-3-1-2-4-9(8)11(13)14/h1-4,16H,5-7H2. The Hall–Kier alpha value is -1.56. The van der Waals surface area contributed by atoms with E-state index in [9.17, 15) is 14.9 Å². The molecule has 0 amide bonds. The van der Waals surface area contributed by atoms with E-state index in [2.05, 4.69) is 12.6 Å². The first kappa shape index (κ1) is 12.5. The van der Waals surface area contributed by atoms with Crippen molar-refractivity contribution in [2.24, 2.45) is 0 Å². The van der Waals surface area contributed by atoms with Crippen LogP contribution in [0.25, 0.3) is 0 Å². The molecule has 0 saturated carbocycles. The second-order valence-corrected chi connectivity index (χ2v) is 3.47. The molecular weight excluding hydrogens is 230 g/mol. The summed E-state index contributed by atoms with van der Waals surface area (Å²) >= 11 is 3.88. The van der Waals surface area contributed by atoms with Crippen molar-refractivity contribution in [2.45, 2.75) is 13.0 Å². The van der Waals surface area contributed by atoms with Gasteiger partial charge < -0.3 is 4.74 Å². The molecule has 0 fully saturated rings. The Labute approximate surface area is 98.0 Å². The van der Waals surface area contributed by atoms with Gasteiger partial charge in [0.05, 0.1) is 16.9 Å². The fraction of sp³-hybridized carbons (Fsp3) is 0.300. The summed E-state index contributed by atoms with van der Waals surface area (Å²) in [6.07, 6.45) is 0.198. The maximum atomic E-state index is 11.1. The number of ether oxygens (including phenoxy) is 1. The number of thiol groups is 1. The predicted molar refractivity (Wildman–Crippen MR) is 61.4 cm³/mol. The van der Waals surface area contributed by atoms with Crippen LogP contribution in [0.5, 0.6) is 0 Å². The van der Waals surface area contributed by atoms with Gasteiger partial charge >= 0.3 is 5.97 Å². The summed E-state index contributed by atoms with van der Waals surface area (Å²) in [5.74, 6) is -0.0106. The molecule has 0 atom stereocenters. The summed E-state index contributed by atoms with van der Waals surface area (Å²) in [6.45, 7) is -0.0796. The Morgan fingerprint density at radius 1 is 1.44 bits per heavy atom. The molecule has 0 bridgehead atoms. The van der Waals surface area contributed by atoms with Gasteiger partial charge in [-0.25, -0.2) is 0 Å². The SMILES string of the molecule is O=C(CCS)OCc1ccccc1[N+](=O)[O-]. The molecule has 0 heterocycles. The number of nitro benzene ring substituents is 1. The Morgan fingerprint density at radius 3 is 2.75 bits per heavy atom. The molecule has 1 aromatic rings. The number of hydrogen-bond donors (Lipinski definition) is 1. The van der Waals surface area contributed by atoms with Crippen molar-refractivity contribution in [3.63, 3.8) is 0 Å². The van der Waals surface area contributed by atoms with E-state index in [0.717, 1.165) is 0 Å². The molecule has 0 radical (unpaired) electrons. The molecule has 0 unspecified atom stereocenters. The van der Waals surface area contributed by atoms with Crippen LogP contribution < -0.4 is 0 Å². The molecule has 0 aliphatic carbocycles. The van der Waals surface area contributed by atoms with E-state index in [-0.39, 0.29) is 18.7 Å². The van der Waals surface area contributed by atoms with E-state index in [1.54, 1.807) is 18.2 Å². The number of rotatable bonds is 5. The van der Waals surface area contributed by atoms with Gasteiger partial charge in [-0.3, -0.25) is 14.9 Å². The lowest BCUT2D eigenvalue weighted by Gasteiger charge is -2.04. The molecule has 5 nitrogen and oxygen atoms in total. The molecule has 1 aromatic carbocycles. The van der Waals surface area contributed by atoms with E-state index in [4.69, 9.17) is 4.74 Å². The second-order valence-electron chi connectivity index (χ2n) is 3.02. The number of esters is 1. The van der Waals surface area contributed by atoms with Gasteiger partial charge in [0.2, 0.25) is 0 Å². The van der Waals surface area contributed by atoms with E-state index in [1.165, 1.54) is 6.07 Å². The number of carbonyl (C=O) groups excluding carboxylic acids is 1. The Bertz CT molecular complexity index is 394. The van der Waals surface area contributed by atoms with Crippen LogP contribution in [0.1, 0.15) is 12.0 Å². The van der Waals surface area contributed by atoms with E-state index in [0.29, 0.717) is 11.3 Å². The molecule has 0 aliphatic rings. The van der Waals surface area contributed by atoms with Crippen molar-refractivity contribution in [1.29, 1.82) is 0 Å². The van der Waals surface area contributed by atoms with Crippen molar-refractivity contribution in [3.8, 4) is 0 Å². The molecule has 0 saturated heterocycles. The van der Waals surface area contributed by atoms with E-state index in [1.807, 2.05) is 0 Å². The van der Waals surface area contributed by atoms with Crippen LogP contribution in [0.2, 0.25) is 0 Å². The lowest BCUT2D eigenvalue weighted by atomic mass is 10.2. The largest absolute Gasteiger partial charge is 0.461 e. The van der Waals surface area contributed by atoms with Crippen molar-refractivity contribution >= 4 is 24.3 Å². The molecule has 0 aromatic heterocycles. The molecule has 0 aliphatic heterocycles. The minimum absolute atomic E-state index is 0.0406. The number of hydrogen-bond acceptors (Lipinski definition) is 5. The summed E-state index contributed by atoms with van der Waals surface area (Å²) in [5, 5.41) is 10.6. The fourth-order valence-corrected chi connectivity index (χ4v) is 1.32. The monoisotopic (exact) mass is 241 g/mol. The van der Waals surface area contributed by atoms with Crippen LogP contribution in [0, 0.1) is 10.1 Å². The lowest BCUT2D eigenvalue weighted by molar-refractivity contribution is -0.385. The molecule has 6 heteroatoms. The second kappa shape index (κ2) is 6.12.